The first-order valence-corrected chi connectivity index (χ1v) is 10.9. The highest BCUT2D eigenvalue weighted by atomic mass is 32.2. The van der Waals surface area contributed by atoms with Crippen LogP contribution in [0.2, 0.25) is 0 Å². The van der Waals surface area contributed by atoms with E-state index in [1.807, 2.05) is 44.4 Å². The summed E-state index contributed by atoms with van der Waals surface area (Å²) in [5.41, 5.74) is 2.80. The summed E-state index contributed by atoms with van der Waals surface area (Å²) in [6, 6.07) is 7.99. The van der Waals surface area contributed by atoms with Gasteiger partial charge in [-0.3, -0.25) is 0 Å². The lowest BCUT2D eigenvalue weighted by molar-refractivity contribution is 0.332. The van der Waals surface area contributed by atoms with E-state index in [1.54, 1.807) is 15.6 Å². The summed E-state index contributed by atoms with van der Waals surface area (Å²) in [4.78, 5) is 1.65. The average Bonchev–Trinajstić information content (AvgIpc) is 2.89. The summed E-state index contributed by atoms with van der Waals surface area (Å²) in [6.07, 6.45) is 4.02. The summed E-state index contributed by atoms with van der Waals surface area (Å²) in [7, 11) is -3.50. The van der Waals surface area contributed by atoms with E-state index in [4.69, 9.17) is 0 Å². The predicted octanol–water partition coefficient (Wildman–Crippen LogP) is 4.98. The van der Waals surface area contributed by atoms with E-state index >= 15 is 0 Å². The van der Waals surface area contributed by atoms with Crippen molar-refractivity contribution >= 4 is 21.4 Å². The second kappa shape index (κ2) is 6.98. The van der Waals surface area contributed by atoms with Crippen LogP contribution in [0.1, 0.15) is 53.3 Å². The van der Waals surface area contributed by atoms with E-state index in [0.29, 0.717) is 11.4 Å². The molecule has 5 heteroatoms. The molecule has 2 heterocycles. The van der Waals surface area contributed by atoms with Crippen LogP contribution in [0, 0.1) is 20.8 Å². The van der Waals surface area contributed by atoms with Gasteiger partial charge in [-0.1, -0.05) is 36.6 Å². The summed E-state index contributed by atoms with van der Waals surface area (Å²) in [5, 5.41) is 2.04. The number of benzene rings is 1. The van der Waals surface area contributed by atoms with Gasteiger partial charge in [0.25, 0.3) is 0 Å². The van der Waals surface area contributed by atoms with Gasteiger partial charge in [0.1, 0.15) is 0 Å². The molecule has 0 bridgehead atoms. The van der Waals surface area contributed by atoms with Gasteiger partial charge in [0.05, 0.1) is 10.9 Å². The number of aryl methyl sites for hydroxylation is 3. The van der Waals surface area contributed by atoms with Gasteiger partial charge in [0.15, 0.2) is 0 Å². The van der Waals surface area contributed by atoms with Gasteiger partial charge in [-0.15, -0.1) is 11.3 Å². The normalized spacial score (nSPS) is 20.0. The van der Waals surface area contributed by atoms with E-state index in [0.717, 1.165) is 47.3 Å². The molecule has 1 atom stereocenters. The lowest BCUT2D eigenvalue weighted by Crippen LogP contribution is -2.35. The first-order valence-electron chi connectivity index (χ1n) is 8.54. The van der Waals surface area contributed by atoms with Crippen LogP contribution in [0.5, 0.6) is 0 Å². The van der Waals surface area contributed by atoms with Gasteiger partial charge in [-0.2, -0.15) is 4.31 Å². The van der Waals surface area contributed by atoms with Crippen molar-refractivity contribution in [2.75, 3.05) is 6.54 Å². The topological polar surface area (TPSA) is 37.4 Å². The fraction of sp³-hybridized carbons (Fsp3) is 0.474. The van der Waals surface area contributed by atoms with Crippen LogP contribution in [-0.2, 0) is 10.0 Å². The Morgan fingerprint density at radius 2 is 1.79 bits per heavy atom. The number of thiophene rings is 1. The van der Waals surface area contributed by atoms with Crippen molar-refractivity contribution in [1.82, 2.24) is 4.31 Å². The van der Waals surface area contributed by atoms with E-state index < -0.39 is 10.0 Å². The molecule has 1 fully saturated rings. The Labute approximate surface area is 149 Å². The molecule has 0 saturated carbocycles. The quantitative estimate of drug-likeness (QED) is 0.771. The number of rotatable bonds is 3. The van der Waals surface area contributed by atoms with Gasteiger partial charge in [0.2, 0.25) is 10.0 Å². The Kier molecular flexibility index (Phi) is 5.13. The Morgan fingerprint density at radius 1 is 1.08 bits per heavy atom. The molecule has 2 aromatic rings. The third-order valence-corrected chi connectivity index (χ3v) is 7.93. The summed E-state index contributed by atoms with van der Waals surface area (Å²) in [6.45, 7) is 6.43. The first-order chi connectivity index (χ1) is 11.4. The number of nitrogens with zero attached hydrogens (tertiary/aromatic N) is 1. The Bertz CT molecular complexity index is 787. The smallest absolute Gasteiger partial charge is 0.207 e. The van der Waals surface area contributed by atoms with Crippen molar-refractivity contribution in [3.8, 4) is 0 Å². The maximum Gasteiger partial charge on any atom is 0.244 e. The molecule has 24 heavy (non-hydrogen) atoms. The molecule has 0 amide bonds. The first kappa shape index (κ1) is 17.6. The number of hydrogen-bond acceptors (Lipinski definition) is 3. The van der Waals surface area contributed by atoms with Crippen LogP contribution < -0.4 is 0 Å². The van der Waals surface area contributed by atoms with Crippen molar-refractivity contribution in [3.63, 3.8) is 0 Å². The molecule has 0 aliphatic carbocycles. The second-order valence-corrected chi connectivity index (χ2v) is 9.53. The average molecular weight is 364 g/mol. The SMILES string of the molecule is Cc1cc(C)c(S(=O)(=O)N2CCCCC[C@@H]2c2cccs2)c(C)c1. The van der Waals surface area contributed by atoms with Gasteiger partial charge >= 0.3 is 0 Å². The minimum atomic E-state index is -3.50. The van der Waals surface area contributed by atoms with E-state index in [9.17, 15) is 8.42 Å². The molecule has 0 unspecified atom stereocenters. The molecule has 1 aromatic carbocycles. The van der Waals surface area contributed by atoms with Crippen molar-refractivity contribution in [1.29, 1.82) is 0 Å². The van der Waals surface area contributed by atoms with Crippen molar-refractivity contribution in [2.24, 2.45) is 0 Å². The summed E-state index contributed by atoms with van der Waals surface area (Å²) in [5.74, 6) is 0. The van der Waals surface area contributed by atoms with Gasteiger partial charge in [0, 0.05) is 11.4 Å². The van der Waals surface area contributed by atoms with Crippen LogP contribution in [-0.4, -0.2) is 19.3 Å². The maximum absolute atomic E-state index is 13.5. The van der Waals surface area contributed by atoms with Crippen LogP contribution in [0.3, 0.4) is 0 Å². The minimum Gasteiger partial charge on any atom is -0.207 e. The Balaban J connectivity index is 2.09. The monoisotopic (exact) mass is 363 g/mol. The Hall–Kier alpha value is -1.17. The highest BCUT2D eigenvalue weighted by molar-refractivity contribution is 7.89. The van der Waals surface area contributed by atoms with E-state index in [-0.39, 0.29) is 6.04 Å². The molecule has 0 N–H and O–H groups in total. The van der Waals surface area contributed by atoms with E-state index in [1.165, 1.54) is 0 Å². The molecule has 1 aromatic heterocycles. The lowest BCUT2D eigenvalue weighted by atomic mass is 10.1. The molecule has 1 aliphatic heterocycles. The van der Waals surface area contributed by atoms with Crippen molar-refractivity contribution in [2.45, 2.75) is 57.4 Å². The number of sulfonamides is 1. The zero-order chi connectivity index (χ0) is 17.3. The van der Waals surface area contributed by atoms with Gasteiger partial charge in [-0.25, -0.2) is 8.42 Å². The zero-order valence-electron chi connectivity index (χ0n) is 14.6. The zero-order valence-corrected chi connectivity index (χ0v) is 16.2. The number of hydrogen-bond donors (Lipinski definition) is 0. The van der Waals surface area contributed by atoms with Crippen molar-refractivity contribution in [3.05, 3.63) is 51.2 Å². The fourth-order valence-electron chi connectivity index (χ4n) is 3.83. The molecule has 130 valence electrons. The molecule has 3 nitrogen and oxygen atoms in total. The van der Waals surface area contributed by atoms with Crippen LogP contribution in [0.15, 0.2) is 34.5 Å². The van der Waals surface area contributed by atoms with Crippen molar-refractivity contribution < 1.29 is 8.42 Å². The molecule has 1 aliphatic rings. The Morgan fingerprint density at radius 3 is 2.42 bits per heavy atom. The van der Waals surface area contributed by atoms with Crippen LogP contribution in [0.4, 0.5) is 0 Å². The minimum absolute atomic E-state index is 0.0300. The van der Waals surface area contributed by atoms with E-state index in [2.05, 4.69) is 6.07 Å². The molecule has 1 saturated heterocycles. The largest absolute Gasteiger partial charge is 0.244 e. The van der Waals surface area contributed by atoms with Crippen LogP contribution in [0.25, 0.3) is 0 Å². The third-order valence-electron chi connectivity index (χ3n) is 4.75. The molecular formula is C19H25NO2S2. The molecule has 0 spiro atoms. The highest BCUT2D eigenvalue weighted by Crippen LogP contribution is 2.38. The summed E-state index contributed by atoms with van der Waals surface area (Å²) < 4.78 is 28.8. The summed E-state index contributed by atoms with van der Waals surface area (Å²) >= 11 is 1.66. The highest BCUT2D eigenvalue weighted by Gasteiger charge is 2.35. The lowest BCUT2D eigenvalue weighted by Gasteiger charge is -2.30. The van der Waals surface area contributed by atoms with Gasteiger partial charge < -0.3 is 0 Å². The maximum atomic E-state index is 13.5. The molecule has 3 rings (SSSR count). The standard InChI is InChI=1S/C19H25NO2S2/c1-14-12-15(2)19(16(3)13-14)24(21,22)20-10-6-4-5-8-17(20)18-9-7-11-23-18/h7,9,11-13,17H,4-6,8,10H2,1-3H3/t17-/m1/s1. The predicted molar refractivity (Wildman–Crippen MR) is 100 cm³/mol. The molecular weight excluding hydrogens is 338 g/mol. The van der Waals surface area contributed by atoms with Gasteiger partial charge in [-0.05, 0) is 56.2 Å². The second-order valence-electron chi connectivity index (χ2n) is 6.72. The van der Waals surface area contributed by atoms with Crippen LogP contribution >= 0.6 is 11.3 Å². The fourth-order valence-corrected chi connectivity index (χ4v) is 6.86. The third kappa shape index (κ3) is 3.30. The molecule has 0 radical (unpaired) electrons.